The zero-order valence-corrected chi connectivity index (χ0v) is 17.8. The third-order valence-corrected chi connectivity index (χ3v) is 5.64. The van der Waals surface area contributed by atoms with Crippen LogP contribution in [0, 0.1) is 11.3 Å². The van der Waals surface area contributed by atoms with Gasteiger partial charge in [0.2, 0.25) is 0 Å². The second-order valence-corrected chi connectivity index (χ2v) is 9.70. The summed E-state index contributed by atoms with van der Waals surface area (Å²) >= 11 is 0. The molecule has 8 nitrogen and oxygen atoms in total. The first-order valence-electron chi connectivity index (χ1n) is 9.90. The number of hydrogen-bond donors (Lipinski definition) is 2. The Morgan fingerprint density at radius 1 is 1.29 bits per heavy atom. The average Bonchev–Trinajstić information content (AvgIpc) is 2.74. The zero-order chi connectivity index (χ0) is 21.3. The van der Waals surface area contributed by atoms with Crippen LogP contribution < -0.4 is 10.6 Å². The highest BCUT2D eigenvalue weighted by Crippen LogP contribution is 2.46. The maximum absolute atomic E-state index is 13.0. The number of amides is 4. The quantitative estimate of drug-likeness (QED) is 0.528. The number of nitrogens with zero attached hydrogens (tertiary/aromatic N) is 1. The molecule has 158 valence electrons. The molecule has 8 heteroatoms. The van der Waals surface area contributed by atoms with Crippen LogP contribution >= 0.6 is 0 Å². The van der Waals surface area contributed by atoms with Crippen molar-refractivity contribution < 1.29 is 23.9 Å². The molecule has 2 rings (SSSR count). The Morgan fingerprint density at radius 3 is 2.50 bits per heavy atom. The van der Waals surface area contributed by atoms with Crippen LogP contribution in [-0.4, -0.2) is 52.9 Å². The van der Waals surface area contributed by atoms with E-state index in [0.717, 1.165) is 17.7 Å². The molecule has 0 bridgehead atoms. The van der Waals surface area contributed by atoms with Crippen molar-refractivity contribution in [1.29, 1.82) is 0 Å². The Morgan fingerprint density at radius 2 is 1.93 bits per heavy atom. The van der Waals surface area contributed by atoms with Gasteiger partial charge in [-0.2, -0.15) is 0 Å². The van der Waals surface area contributed by atoms with Crippen molar-refractivity contribution in [2.75, 3.05) is 13.2 Å². The average molecular weight is 396 g/mol. The summed E-state index contributed by atoms with van der Waals surface area (Å²) in [6.45, 7) is 11.0. The number of carbonyl (C=O) groups excluding carboxylic acids is 4. The van der Waals surface area contributed by atoms with Crippen molar-refractivity contribution in [3.8, 4) is 0 Å². The highest BCUT2D eigenvalue weighted by Gasteiger charge is 2.56. The molecule has 2 atom stereocenters. The van der Waals surface area contributed by atoms with Crippen LogP contribution in [0.5, 0.6) is 0 Å². The molecule has 1 aliphatic carbocycles. The molecule has 2 fully saturated rings. The van der Waals surface area contributed by atoms with Crippen LogP contribution in [0.15, 0.2) is 0 Å². The Labute approximate surface area is 166 Å². The first-order valence-corrected chi connectivity index (χ1v) is 9.90. The van der Waals surface area contributed by atoms with Crippen LogP contribution in [0.2, 0.25) is 0 Å². The van der Waals surface area contributed by atoms with E-state index in [9.17, 15) is 19.2 Å². The number of imide groups is 1. The topological polar surface area (TPSA) is 105 Å². The van der Waals surface area contributed by atoms with Crippen molar-refractivity contribution in [1.82, 2.24) is 15.5 Å². The van der Waals surface area contributed by atoms with Crippen LogP contribution in [0.3, 0.4) is 0 Å². The molecule has 1 spiro atoms. The Bertz CT molecular complexity index is 673. The number of hydrogen-bond acceptors (Lipinski definition) is 5. The minimum Gasteiger partial charge on any atom is -0.454 e. The molecule has 2 N–H and O–H groups in total. The predicted octanol–water partition coefficient (Wildman–Crippen LogP) is 1.97. The van der Waals surface area contributed by atoms with E-state index in [4.69, 9.17) is 4.74 Å². The van der Waals surface area contributed by atoms with E-state index < -0.39 is 42.1 Å². The largest absolute Gasteiger partial charge is 0.454 e. The van der Waals surface area contributed by atoms with E-state index in [1.807, 2.05) is 20.8 Å². The summed E-state index contributed by atoms with van der Waals surface area (Å²) < 4.78 is 4.97. The van der Waals surface area contributed by atoms with E-state index >= 15 is 0 Å². The second-order valence-electron chi connectivity index (χ2n) is 9.70. The highest BCUT2D eigenvalue weighted by atomic mass is 16.5. The second kappa shape index (κ2) is 7.72. The zero-order valence-electron chi connectivity index (χ0n) is 17.8. The monoisotopic (exact) mass is 395 g/mol. The number of nitrogens with one attached hydrogen (secondary N) is 2. The number of rotatable bonds is 6. The summed E-state index contributed by atoms with van der Waals surface area (Å²) in [5.74, 6) is -1.30. The van der Waals surface area contributed by atoms with Gasteiger partial charge in [-0.1, -0.05) is 27.7 Å². The first-order chi connectivity index (χ1) is 12.8. The number of urea groups is 1. The lowest BCUT2D eigenvalue weighted by Gasteiger charge is -2.43. The van der Waals surface area contributed by atoms with Crippen LogP contribution in [0.4, 0.5) is 4.79 Å². The molecule has 1 saturated heterocycles. The van der Waals surface area contributed by atoms with Gasteiger partial charge in [0, 0.05) is 5.54 Å². The molecule has 1 heterocycles. The van der Waals surface area contributed by atoms with Gasteiger partial charge in [0.1, 0.15) is 12.1 Å². The van der Waals surface area contributed by atoms with Crippen LogP contribution in [0.25, 0.3) is 0 Å². The lowest BCUT2D eigenvalue weighted by Crippen LogP contribution is -2.54. The van der Waals surface area contributed by atoms with Crippen LogP contribution in [0.1, 0.15) is 67.2 Å². The standard InChI is InChI=1S/C20H33N3O5/c1-7-19(5,6)21-14(24)11-28-15(25)10-23-16(26)20(22-17(23)27)9-13(2)8-18(3,4)12-20/h13H,7-12H2,1-6H3,(H,21,24)(H,22,27). The van der Waals surface area contributed by atoms with Crippen LogP contribution in [-0.2, 0) is 19.1 Å². The summed E-state index contributed by atoms with van der Waals surface area (Å²) in [4.78, 5) is 50.3. The number of esters is 1. The van der Waals surface area contributed by atoms with Gasteiger partial charge in [-0.25, -0.2) is 4.79 Å². The molecule has 2 aliphatic rings. The minimum absolute atomic E-state index is 0.0820. The third kappa shape index (κ3) is 5.02. The van der Waals surface area contributed by atoms with Crippen molar-refractivity contribution in [3.05, 3.63) is 0 Å². The smallest absolute Gasteiger partial charge is 0.326 e. The van der Waals surface area contributed by atoms with Gasteiger partial charge in [-0.15, -0.1) is 0 Å². The summed E-state index contributed by atoms with van der Waals surface area (Å²) in [6.07, 6.45) is 2.80. The molecule has 4 amide bonds. The van der Waals surface area contributed by atoms with Crippen molar-refractivity contribution in [2.24, 2.45) is 11.3 Å². The van der Waals surface area contributed by atoms with Gasteiger partial charge in [0.25, 0.3) is 11.8 Å². The van der Waals surface area contributed by atoms with Crippen molar-refractivity contribution >= 4 is 23.8 Å². The molecule has 0 aromatic rings. The molecule has 1 saturated carbocycles. The normalized spacial score (nSPS) is 26.9. The summed E-state index contributed by atoms with van der Waals surface area (Å²) in [6, 6.07) is -0.580. The van der Waals surface area contributed by atoms with Crippen molar-refractivity contribution in [3.63, 3.8) is 0 Å². The minimum atomic E-state index is -0.957. The molecular weight excluding hydrogens is 362 g/mol. The molecule has 2 unspecified atom stereocenters. The summed E-state index contributed by atoms with van der Waals surface area (Å²) in [7, 11) is 0. The maximum Gasteiger partial charge on any atom is 0.326 e. The molecule has 1 aliphatic heterocycles. The maximum atomic E-state index is 13.0. The number of ether oxygens (including phenoxy) is 1. The fourth-order valence-electron chi connectivity index (χ4n) is 4.47. The Hall–Kier alpha value is -2.12. The third-order valence-electron chi connectivity index (χ3n) is 5.64. The molecule has 0 aromatic carbocycles. The van der Waals surface area contributed by atoms with Crippen molar-refractivity contribution in [2.45, 2.75) is 78.3 Å². The molecule has 28 heavy (non-hydrogen) atoms. The molecular formula is C20H33N3O5. The summed E-state index contributed by atoms with van der Waals surface area (Å²) in [5.41, 5.74) is -1.44. The lowest BCUT2D eigenvalue weighted by molar-refractivity contribution is -0.151. The van der Waals surface area contributed by atoms with E-state index in [-0.39, 0.29) is 17.2 Å². The molecule has 0 aromatic heterocycles. The SMILES string of the molecule is CCC(C)(C)NC(=O)COC(=O)CN1C(=O)NC2(CC(C)CC(C)(C)C2)C1=O. The fraction of sp³-hybridized carbons (Fsp3) is 0.800. The highest BCUT2D eigenvalue weighted by molar-refractivity contribution is 6.08. The Balaban J connectivity index is 1.95. The van der Waals surface area contributed by atoms with Gasteiger partial charge in [0.05, 0.1) is 0 Å². The predicted molar refractivity (Wildman–Crippen MR) is 103 cm³/mol. The van der Waals surface area contributed by atoms with Gasteiger partial charge >= 0.3 is 12.0 Å². The number of carbonyl (C=O) groups is 4. The van der Waals surface area contributed by atoms with Gasteiger partial charge in [-0.3, -0.25) is 19.3 Å². The van der Waals surface area contributed by atoms with Gasteiger partial charge < -0.3 is 15.4 Å². The van der Waals surface area contributed by atoms with E-state index in [1.165, 1.54) is 0 Å². The first kappa shape index (κ1) is 22.2. The van der Waals surface area contributed by atoms with Gasteiger partial charge in [0.15, 0.2) is 6.61 Å². The van der Waals surface area contributed by atoms with E-state index in [1.54, 1.807) is 0 Å². The van der Waals surface area contributed by atoms with E-state index in [0.29, 0.717) is 12.8 Å². The lowest BCUT2D eigenvalue weighted by atomic mass is 9.64. The van der Waals surface area contributed by atoms with Gasteiger partial charge in [-0.05, 0) is 50.9 Å². The summed E-state index contributed by atoms with van der Waals surface area (Å²) in [5, 5.41) is 5.57. The Kier molecular flexibility index (Phi) is 6.11. The van der Waals surface area contributed by atoms with E-state index in [2.05, 4.69) is 31.4 Å². The molecule has 0 radical (unpaired) electrons. The fourth-order valence-corrected chi connectivity index (χ4v) is 4.47.